The molecule has 3 rings (SSSR count). The van der Waals surface area contributed by atoms with Gasteiger partial charge in [-0.05, 0) is 12.1 Å². The fourth-order valence-electron chi connectivity index (χ4n) is 2.44. The highest BCUT2D eigenvalue weighted by Gasteiger charge is 2.22. The number of nitrogens with zero attached hydrogens (tertiary/aromatic N) is 3. The molecule has 4 nitrogen and oxygen atoms in total. The number of hydrogen-bond acceptors (Lipinski definition) is 3. The molecule has 0 spiro atoms. The summed E-state index contributed by atoms with van der Waals surface area (Å²) in [7, 11) is 1.66. The number of para-hydroxylation sites is 1. The van der Waals surface area contributed by atoms with E-state index in [0.717, 1.165) is 23.2 Å². The number of benzene rings is 1. The SMILES string of the molecule is CN(CC#N)C(=O)c1cc2cccc3c2n1CCS3. The molecule has 0 saturated carbocycles. The first-order chi connectivity index (χ1) is 9.22. The first-order valence-electron chi connectivity index (χ1n) is 6.10. The lowest BCUT2D eigenvalue weighted by Gasteiger charge is -2.19. The van der Waals surface area contributed by atoms with Crippen LogP contribution < -0.4 is 0 Å². The van der Waals surface area contributed by atoms with Crippen LogP contribution in [-0.2, 0) is 6.54 Å². The highest BCUT2D eigenvalue weighted by atomic mass is 32.2. The molecule has 0 unspecified atom stereocenters. The van der Waals surface area contributed by atoms with Crippen LogP contribution in [0.2, 0.25) is 0 Å². The molecule has 0 bridgehead atoms. The Hall–Kier alpha value is -1.93. The van der Waals surface area contributed by atoms with Crippen LogP contribution in [0.15, 0.2) is 29.2 Å². The number of carbonyl (C=O) groups is 1. The van der Waals surface area contributed by atoms with Gasteiger partial charge in [-0.2, -0.15) is 5.26 Å². The second-order valence-corrected chi connectivity index (χ2v) is 5.68. The van der Waals surface area contributed by atoms with E-state index in [4.69, 9.17) is 5.26 Å². The van der Waals surface area contributed by atoms with Crippen LogP contribution in [0.4, 0.5) is 0 Å². The van der Waals surface area contributed by atoms with Gasteiger partial charge in [0, 0.05) is 29.6 Å². The van der Waals surface area contributed by atoms with Crippen molar-refractivity contribution in [2.24, 2.45) is 0 Å². The van der Waals surface area contributed by atoms with E-state index in [1.54, 1.807) is 7.05 Å². The molecular formula is C14H13N3OS. The standard InChI is InChI=1S/C14H13N3OS/c1-16(6-5-15)14(18)11-9-10-3-2-4-12-13(10)17(11)7-8-19-12/h2-4,9H,6-8H2,1H3. The quantitative estimate of drug-likeness (QED) is 0.788. The third kappa shape index (κ3) is 1.89. The largest absolute Gasteiger partial charge is 0.335 e. The van der Waals surface area contributed by atoms with Gasteiger partial charge in [0.1, 0.15) is 12.2 Å². The second-order valence-electron chi connectivity index (χ2n) is 4.54. The molecule has 1 aromatic heterocycles. The van der Waals surface area contributed by atoms with Gasteiger partial charge in [0.25, 0.3) is 5.91 Å². The molecule has 1 aliphatic heterocycles. The zero-order valence-corrected chi connectivity index (χ0v) is 11.4. The Kier molecular flexibility index (Phi) is 2.96. The van der Waals surface area contributed by atoms with Gasteiger partial charge in [-0.25, -0.2) is 0 Å². The summed E-state index contributed by atoms with van der Waals surface area (Å²) in [6.07, 6.45) is 0. The Labute approximate surface area is 115 Å². The van der Waals surface area contributed by atoms with Crippen molar-refractivity contribution in [3.63, 3.8) is 0 Å². The molecule has 19 heavy (non-hydrogen) atoms. The summed E-state index contributed by atoms with van der Waals surface area (Å²) in [6, 6.07) is 10.1. The second kappa shape index (κ2) is 4.63. The van der Waals surface area contributed by atoms with Gasteiger partial charge < -0.3 is 9.47 Å². The number of carbonyl (C=O) groups excluding carboxylic acids is 1. The minimum absolute atomic E-state index is 0.0874. The van der Waals surface area contributed by atoms with Crippen molar-refractivity contribution in [3.8, 4) is 6.07 Å². The van der Waals surface area contributed by atoms with Gasteiger partial charge in [-0.15, -0.1) is 11.8 Å². The van der Waals surface area contributed by atoms with Crippen molar-refractivity contribution in [2.45, 2.75) is 11.4 Å². The van der Waals surface area contributed by atoms with Crippen molar-refractivity contribution in [3.05, 3.63) is 30.0 Å². The zero-order chi connectivity index (χ0) is 13.4. The molecule has 0 fully saturated rings. The van der Waals surface area contributed by atoms with Crippen LogP contribution in [0, 0.1) is 11.3 Å². The van der Waals surface area contributed by atoms with E-state index in [2.05, 4.69) is 10.6 Å². The van der Waals surface area contributed by atoms with Gasteiger partial charge in [-0.3, -0.25) is 4.79 Å². The summed E-state index contributed by atoms with van der Waals surface area (Å²) in [5, 5.41) is 9.80. The highest BCUT2D eigenvalue weighted by molar-refractivity contribution is 7.99. The molecule has 2 aromatic rings. The van der Waals surface area contributed by atoms with Crippen molar-refractivity contribution in [1.82, 2.24) is 9.47 Å². The lowest BCUT2D eigenvalue weighted by molar-refractivity contribution is 0.0802. The minimum Gasteiger partial charge on any atom is -0.335 e. The predicted octanol–water partition coefficient (Wildman–Crippen LogP) is 2.34. The number of nitriles is 1. The molecule has 0 atom stereocenters. The van der Waals surface area contributed by atoms with Gasteiger partial charge in [0.2, 0.25) is 0 Å². The van der Waals surface area contributed by atoms with Gasteiger partial charge in [-0.1, -0.05) is 12.1 Å². The maximum atomic E-state index is 12.4. The molecule has 1 aromatic carbocycles. The van der Waals surface area contributed by atoms with E-state index in [1.807, 2.05) is 36.0 Å². The molecule has 0 aliphatic carbocycles. The zero-order valence-electron chi connectivity index (χ0n) is 10.6. The monoisotopic (exact) mass is 271 g/mol. The van der Waals surface area contributed by atoms with E-state index in [9.17, 15) is 4.79 Å². The first-order valence-corrected chi connectivity index (χ1v) is 7.08. The van der Waals surface area contributed by atoms with Crippen molar-refractivity contribution in [1.29, 1.82) is 5.26 Å². The lowest BCUT2D eigenvalue weighted by Crippen LogP contribution is -2.29. The Balaban J connectivity index is 2.14. The average molecular weight is 271 g/mol. The summed E-state index contributed by atoms with van der Waals surface area (Å²) < 4.78 is 2.08. The number of aryl methyl sites for hydroxylation is 1. The molecule has 1 aliphatic rings. The molecule has 0 radical (unpaired) electrons. The van der Waals surface area contributed by atoms with Crippen molar-refractivity contribution >= 4 is 28.6 Å². The molecule has 0 saturated heterocycles. The van der Waals surface area contributed by atoms with E-state index in [0.29, 0.717) is 5.69 Å². The topological polar surface area (TPSA) is 49.0 Å². The van der Waals surface area contributed by atoms with Crippen LogP contribution in [-0.4, -0.2) is 34.7 Å². The molecular weight excluding hydrogens is 258 g/mol. The third-order valence-electron chi connectivity index (χ3n) is 3.33. The van der Waals surface area contributed by atoms with Gasteiger partial charge >= 0.3 is 0 Å². The first kappa shape index (κ1) is 12.1. The average Bonchev–Trinajstić information content (AvgIpc) is 2.80. The normalized spacial score (nSPS) is 13.3. The maximum Gasteiger partial charge on any atom is 0.271 e. The molecule has 2 heterocycles. The van der Waals surface area contributed by atoms with Crippen LogP contribution in [0.5, 0.6) is 0 Å². The minimum atomic E-state index is -0.0874. The number of aromatic nitrogens is 1. The summed E-state index contributed by atoms with van der Waals surface area (Å²) in [5.41, 5.74) is 1.83. The van der Waals surface area contributed by atoms with E-state index in [-0.39, 0.29) is 12.5 Å². The summed E-state index contributed by atoms with van der Waals surface area (Å²) >= 11 is 1.83. The molecule has 1 amide bonds. The van der Waals surface area contributed by atoms with Crippen LogP contribution in [0.1, 0.15) is 10.5 Å². The Morgan fingerprint density at radius 2 is 2.42 bits per heavy atom. The van der Waals surface area contributed by atoms with Crippen molar-refractivity contribution in [2.75, 3.05) is 19.3 Å². The van der Waals surface area contributed by atoms with Crippen molar-refractivity contribution < 1.29 is 4.79 Å². The third-order valence-corrected chi connectivity index (χ3v) is 4.36. The Bertz CT molecular complexity index is 699. The number of rotatable bonds is 2. The van der Waals surface area contributed by atoms with E-state index in [1.165, 1.54) is 9.80 Å². The Morgan fingerprint density at radius 3 is 3.21 bits per heavy atom. The van der Waals surface area contributed by atoms with E-state index >= 15 is 0 Å². The van der Waals surface area contributed by atoms with Gasteiger partial charge in [0.05, 0.1) is 11.6 Å². The molecule has 5 heteroatoms. The van der Waals surface area contributed by atoms with Gasteiger partial charge in [0.15, 0.2) is 0 Å². The molecule has 96 valence electrons. The predicted molar refractivity (Wildman–Crippen MR) is 75.2 cm³/mol. The number of thioether (sulfide) groups is 1. The summed E-state index contributed by atoms with van der Waals surface area (Å²) in [5.74, 6) is 0.888. The van der Waals surface area contributed by atoms with E-state index < -0.39 is 0 Å². The summed E-state index contributed by atoms with van der Waals surface area (Å²) in [4.78, 5) is 15.1. The number of hydrogen-bond donors (Lipinski definition) is 0. The fourth-order valence-corrected chi connectivity index (χ4v) is 3.47. The van der Waals surface area contributed by atoms with Crippen LogP contribution in [0.25, 0.3) is 10.9 Å². The highest BCUT2D eigenvalue weighted by Crippen LogP contribution is 2.34. The fraction of sp³-hybridized carbons (Fsp3) is 0.286. The smallest absolute Gasteiger partial charge is 0.271 e. The number of amides is 1. The Morgan fingerprint density at radius 1 is 1.58 bits per heavy atom. The van der Waals surface area contributed by atoms with Crippen LogP contribution >= 0.6 is 11.8 Å². The van der Waals surface area contributed by atoms with Crippen LogP contribution in [0.3, 0.4) is 0 Å². The molecule has 0 N–H and O–H groups in total. The maximum absolute atomic E-state index is 12.4. The summed E-state index contributed by atoms with van der Waals surface area (Å²) in [6.45, 7) is 0.953. The lowest BCUT2D eigenvalue weighted by atomic mass is 10.2.